The average molecular weight is 225 g/mol. The standard InChI is InChI=1S/C9H5ClN2O3/c10-7(13)4-1-2-6-5(3-4)8(14)12-9(15)11-6/h1-3H,(H2,11,12,14,15). The van der Waals surface area contributed by atoms with Crippen LogP contribution in [0.15, 0.2) is 27.8 Å². The van der Waals surface area contributed by atoms with Gasteiger partial charge in [-0.2, -0.15) is 0 Å². The van der Waals surface area contributed by atoms with E-state index in [2.05, 4.69) is 9.97 Å². The van der Waals surface area contributed by atoms with Gasteiger partial charge in [0.1, 0.15) is 0 Å². The third-order valence-electron chi connectivity index (χ3n) is 1.97. The number of H-pyrrole nitrogens is 2. The Kier molecular flexibility index (Phi) is 2.17. The number of halogens is 1. The van der Waals surface area contributed by atoms with Gasteiger partial charge in [-0.25, -0.2) is 4.79 Å². The van der Waals surface area contributed by atoms with Gasteiger partial charge in [0.25, 0.3) is 10.8 Å². The van der Waals surface area contributed by atoms with E-state index in [4.69, 9.17) is 11.6 Å². The van der Waals surface area contributed by atoms with Gasteiger partial charge in [-0.3, -0.25) is 14.6 Å². The summed E-state index contributed by atoms with van der Waals surface area (Å²) in [5.41, 5.74) is -0.557. The number of rotatable bonds is 1. The maximum Gasteiger partial charge on any atom is 0.326 e. The van der Waals surface area contributed by atoms with E-state index in [1.165, 1.54) is 18.2 Å². The number of hydrogen-bond donors (Lipinski definition) is 2. The van der Waals surface area contributed by atoms with Crippen LogP contribution in [0.5, 0.6) is 0 Å². The Morgan fingerprint density at radius 1 is 1.20 bits per heavy atom. The van der Waals surface area contributed by atoms with Crippen molar-refractivity contribution in [2.45, 2.75) is 0 Å². The van der Waals surface area contributed by atoms with Crippen LogP contribution in [0.25, 0.3) is 10.9 Å². The van der Waals surface area contributed by atoms with Crippen molar-refractivity contribution in [2.24, 2.45) is 0 Å². The molecule has 0 saturated carbocycles. The third-order valence-corrected chi connectivity index (χ3v) is 2.18. The SMILES string of the molecule is O=C(Cl)c1ccc2[nH]c(=O)[nH]c(=O)c2c1. The van der Waals surface area contributed by atoms with Crippen LogP contribution in [-0.2, 0) is 0 Å². The topological polar surface area (TPSA) is 82.8 Å². The minimum atomic E-state index is -0.650. The average Bonchev–Trinajstić information content (AvgIpc) is 2.16. The summed E-state index contributed by atoms with van der Waals surface area (Å²) in [6.07, 6.45) is 0. The lowest BCUT2D eigenvalue weighted by Crippen LogP contribution is -2.21. The van der Waals surface area contributed by atoms with Crippen LogP contribution in [-0.4, -0.2) is 15.2 Å². The van der Waals surface area contributed by atoms with Crippen LogP contribution in [0.4, 0.5) is 0 Å². The highest BCUT2D eigenvalue weighted by atomic mass is 35.5. The van der Waals surface area contributed by atoms with Crippen LogP contribution < -0.4 is 11.2 Å². The Morgan fingerprint density at radius 3 is 2.60 bits per heavy atom. The van der Waals surface area contributed by atoms with Crippen molar-refractivity contribution in [1.29, 1.82) is 0 Å². The van der Waals surface area contributed by atoms with Crippen LogP contribution in [0.2, 0.25) is 0 Å². The predicted molar refractivity (Wildman–Crippen MR) is 55.4 cm³/mol. The number of aromatic nitrogens is 2. The predicted octanol–water partition coefficient (Wildman–Crippen LogP) is 0.595. The number of nitrogens with one attached hydrogen (secondary N) is 2. The van der Waals surface area contributed by atoms with Gasteiger partial charge in [0.05, 0.1) is 10.9 Å². The zero-order chi connectivity index (χ0) is 11.0. The van der Waals surface area contributed by atoms with Crippen LogP contribution >= 0.6 is 11.6 Å². The van der Waals surface area contributed by atoms with E-state index in [0.29, 0.717) is 5.52 Å². The summed E-state index contributed by atoms with van der Waals surface area (Å²) < 4.78 is 0. The molecule has 2 N–H and O–H groups in total. The van der Waals surface area contributed by atoms with Gasteiger partial charge in [-0.05, 0) is 29.8 Å². The molecule has 76 valence electrons. The fraction of sp³-hybridized carbons (Fsp3) is 0. The highest BCUT2D eigenvalue weighted by molar-refractivity contribution is 6.67. The zero-order valence-corrected chi connectivity index (χ0v) is 8.09. The van der Waals surface area contributed by atoms with Crippen LogP contribution in [0, 0.1) is 0 Å². The van der Waals surface area contributed by atoms with Crippen molar-refractivity contribution >= 4 is 27.7 Å². The number of fused-ring (bicyclic) bond motifs is 1. The molecule has 0 radical (unpaired) electrons. The zero-order valence-electron chi connectivity index (χ0n) is 7.33. The van der Waals surface area contributed by atoms with E-state index in [1.54, 1.807) is 0 Å². The van der Waals surface area contributed by atoms with Gasteiger partial charge in [0.15, 0.2) is 0 Å². The summed E-state index contributed by atoms with van der Waals surface area (Å²) in [6, 6.07) is 4.23. The molecule has 2 rings (SSSR count). The van der Waals surface area contributed by atoms with Crippen LogP contribution in [0.3, 0.4) is 0 Å². The normalized spacial score (nSPS) is 10.5. The molecule has 0 saturated heterocycles. The maximum absolute atomic E-state index is 11.3. The van der Waals surface area contributed by atoms with E-state index in [9.17, 15) is 14.4 Å². The molecular weight excluding hydrogens is 220 g/mol. The molecule has 0 bridgehead atoms. The molecule has 0 aliphatic carbocycles. The molecule has 0 unspecified atom stereocenters. The molecule has 0 aliphatic rings. The summed E-state index contributed by atoms with van der Waals surface area (Å²) >= 11 is 5.26. The second-order valence-electron chi connectivity index (χ2n) is 2.94. The Bertz CT molecular complexity index is 656. The molecule has 2 aromatic rings. The first-order valence-electron chi connectivity index (χ1n) is 4.04. The molecule has 0 fully saturated rings. The number of carbonyl (C=O) groups is 1. The van der Waals surface area contributed by atoms with Gasteiger partial charge in [-0.1, -0.05) is 0 Å². The lowest BCUT2D eigenvalue weighted by molar-refractivity contribution is 0.108. The highest BCUT2D eigenvalue weighted by Gasteiger charge is 2.05. The first-order chi connectivity index (χ1) is 7.08. The largest absolute Gasteiger partial charge is 0.326 e. The molecule has 6 heteroatoms. The smallest absolute Gasteiger partial charge is 0.307 e. The fourth-order valence-corrected chi connectivity index (χ4v) is 1.40. The molecule has 0 aliphatic heterocycles. The Morgan fingerprint density at radius 2 is 1.93 bits per heavy atom. The second kappa shape index (κ2) is 3.36. The van der Waals surface area contributed by atoms with Crippen molar-refractivity contribution < 1.29 is 4.79 Å². The second-order valence-corrected chi connectivity index (χ2v) is 3.29. The molecule has 0 amide bonds. The monoisotopic (exact) mass is 224 g/mol. The Hall–Kier alpha value is -1.88. The van der Waals surface area contributed by atoms with Gasteiger partial charge in [0.2, 0.25) is 0 Å². The van der Waals surface area contributed by atoms with Crippen molar-refractivity contribution in [3.63, 3.8) is 0 Å². The summed E-state index contributed by atoms with van der Waals surface area (Å²) in [4.78, 5) is 37.6. The summed E-state index contributed by atoms with van der Waals surface area (Å²) in [7, 11) is 0. The quantitative estimate of drug-likeness (QED) is 0.696. The van der Waals surface area contributed by atoms with Gasteiger partial charge in [0, 0.05) is 5.56 Å². The molecule has 15 heavy (non-hydrogen) atoms. The van der Waals surface area contributed by atoms with Crippen molar-refractivity contribution in [1.82, 2.24) is 9.97 Å². The molecule has 1 aromatic heterocycles. The van der Waals surface area contributed by atoms with E-state index >= 15 is 0 Å². The molecule has 0 spiro atoms. The summed E-state index contributed by atoms with van der Waals surface area (Å²) in [5.74, 6) is 0. The first-order valence-corrected chi connectivity index (χ1v) is 4.42. The summed E-state index contributed by atoms with van der Waals surface area (Å²) in [5, 5.41) is -0.427. The van der Waals surface area contributed by atoms with E-state index in [0.717, 1.165) is 0 Å². The third kappa shape index (κ3) is 1.69. The Labute approximate surface area is 87.7 Å². The van der Waals surface area contributed by atoms with E-state index < -0.39 is 16.5 Å². The summed E-state index contributed by atoms with van der Waals surface area (Å²) in [6.45, 7) is 0. The van der Waals surface area contributed by atoms with E-state index in [-0.39, 0.29) is 10.9 Å². The highest BCUT2D eigenvalue weighted by Crippen LogP contribution is 2.10. The van der Waals surface area contributed by atoms with Crippen molar-refractivity contribution in [2.75, 3.05) is 0 Å². The minimum Gasteiger partial charge on any atom is -0.307 e. The van der Waals surface area contributed by atoms with E-state index in [1.807, 2.05) is 0 Å². The molecule has 5 nitrogen and oxygen atoms in total. The number of aromatic amines is 2. The lowest BCUT2D eigenvalue weighted by atomic mass is 10.1. The van der Waals surface area contributed by atoms with Gasteiger partial charge in [-0.15, -0.1) is 0 Å². The first kappa shape index (κ1) is 9.67. The number of benzene rings is 1. The van der Waals surface area contributed by atoms with Gasteiger partial charge >= 0.3 is 5.69 Å². The Balaban J connectivity index is 2.89. The molecule has 0 atom stereocenters. The molecular formula is C9H5ClN2O3. The van der Waals surface area contributed by atoms with Crippen molar-refractivity contribution in [3.8, 4) is 0 Å². The number of carbonyl (C=O) groups excluding carboxylic acids is 1. The molecule has 1 aromatic carbocycles. The van der Waals surface area contributed by atoms with Crippen LogP contribution in [0.1, 0.15) is 10.4 Å². The maximum atomic E-state index is 11.3. The molecule has 1 heterocycles. The van der Waals surface area contributed by atoms with Crippen molar-refractivity contribution in [3.05, 3.63) is 44.6 Å². The van der Waals surface area contributed by atoms with Gasteiger partial charge < -0.3 is 4.98 Å². The minimum absolute atomic E-state index is 0.210. The fourth-order valence-electron chi connectivity index (χ4n) is 1.29. The number of hydrogen-bond acceptors (Lipinski definition) is 3. The lowest BCUT2D eigenvalue weighted by Gasteiger charge is -1.97.